The maximum Gasteiger partial charge on any atom is 0.0767 e. The SMILES string of the molecule is CCc1nn(CC)c(CN2CCCC(C)CC2)c1Br. The minimum absolute atomic E-state index is 0.885. The van der Waals surface area contributed by atoms with Crippen molar-refractivity contribution < 1.29 is 0 Å². The van der Waals surface area contributed by atoms with Crippen LogP contribution in [0.3, 0.4) is 0 Å². The van der Waals surface area contributed by atoms with Gasteiger partial charge in [0.15, 0.2) is 0 Å². The number of aryl methyl sites for hydroxylation is 2. The zero-order chi connectivity index (χ0) is 13.8. The molecule has 1 aliphatic rings. The zero-order valence-corrected chi connectivity index (χ0v) is 14.0. The van der Waals surface area contributed by atoms with Crippen LogP contribution in [0.4, 0.5) is 0 Å². The van der Waals surface area contributed by atoms with Gasteiger partial charge in [-0.3, -0.25) is 9.58 Å². The van der Waals surface area contributed by atoms with E-state index < -0.39 is 0 Å². The van der Waals surface area contributed by atoms with E-state index in [9.17, 15) is 0 Å². The first-order valence-corrected chi connectivity index (χ1v) is 8.41. The Morgan fingerprint density at radius 1 is 1.26 bits per heavy atom. The Morgan fingerprint density at radius 2 is 2.05 bits per heavy atom. The maximum absolute atomic E-state index is 4.69. The van der Waals surface area contributed by atoms with E-state index in [1.54, 1.807) is 0 Å². The van der Waals surface area contributed by atoms with E-state index in [0.717, 1.165) is 25.4 Å². The van der Waals surface area contributed by atoms with Gasteiger partial charge in [0.25, 0.3) is 0 Å². The Labute approximate surface area is 125 Å². The molecule has 1 fully saturated rings. The molecular formula is C15H26BrN3. The molecule has 2 heterocycles. The van der Waals surface area contributed by atoms with Crippen molar-refractivity contribution in [2.45, 2.75) is 59.5 Å². The standard InChI is InChI=1S/C15H26BrN3/c1-4-13-15(16)14(19(5-2)17-13)11-18-9-6-7-12(3)8-10-18/h12H,4-11H2,1-3H3. The van der Waals surface area contributed by atoms with Crippen molar-refractivity contribution in [3.8, 4) is 0 Å². The first-order chi connectivity index (χ1) is 9.15. The smallest absolute Gasteiger partial charge is 0.0767 e. The lowest BCUT2D eigenvalue weighted by molar-refractivity contribution is 0.264. The predicted molar refractivity (Wildman–Crippen MR) is 83.3 cm³/mol. The predicted octanol–water partition coefficient (Wildman–Crippen LogP) is 3.85. The van der Waals surface area contributed by atoms with Crippen LogP contribution < -0.4 is 0 Å². The topological polar surface area (TPSA) is 21.1 Å². The summed E-state index contributed by atoms with van der Waals surface area (Å²) < 4.78 is 3.39. The van der Waals surface area contributed by atoms with Crippen molar-refractivity contribution >= 4 is 15.9 Å². The third-order valence-corrected chi connectivity index (χ3v) is 5.09. The monoisotopic (exact) mass is 327 g/mol. The van der Waals surface area contributed by atoms with E-state index in [2.05, 4.69) is 46.3 Å². The second-order valence-corrected chi connectivity index (χ2v) is 6.48. The molecule has 4 heteroatoms. The zero-order valence-electron chi connectivity index (χ0n) is 12.5. The second-order valence-electron chi connectivity index (χ2n) is 5.69. The third kappa shape index (κ3) is 3.60. The second kappa shape index (κ2) is 6.89. The van der Waals surface area contributed by atoms with Gasteiger partial charge < -0.3 is 0 Å². The van der Waals surface area contributed by atoms with E-state index >= 15 is 0 Å². The molecular weight excluding hydrogens is 302 g/mol. The molecule has 0 amide bonds. The normalized spacial score (nSPS) is 21.6. The van der Waals surface area contributed by atoms with E-state index in [0.29, 0.717) is 0 Å². The van der Waals surface area contributed by atoms with E-state index in [4.69, 9.17) is 5.10 Å². The number of halogens is 1. The minimum atomic E-state index is 0.885. The average molecular weight is 328 g/mol. The van der Waals surface area contributed by atoms with Crippen molar-refractivity contribution in [2.75, 3.05) is 13.1 Å². The van der Waals surface area contributed by atoms with Crippen LogP contribution in [0, 0.1) is 5.92 Å². The lowest BCUT2D eigenvalue weighted by Crippen LogP contribution is -2.26. The summed E-state index contributed by atoms with van der Waals surface area (Å²) in [6.07, 6.45) is 5.04. The maximum atomic E-state index is 4.69. The molecule has 2 rings (SSSR count). The van der Waals surface area contributed by atoms with Crippen LogP contribution in [-0.4, -0.2) is 27.8 Å². The van der Waals surface area contributed by atoms with Gasteiger partial charge in [-0.15, -0.1) is 0 Å². The molecule has 0 bridgehead atoms. The fraction of sp³-hybridized carbons (Fsp3) is 0.800. The highest BCUT2D eigenvalue weighted by molar-refractivity contribution is 9.10. The summed E-state index contributed by atoms with van der Waals surface area (Å²) in [5, 5.41) is 4.69. The molecule has 1 unspecified atom stereocenters. The Bertz CT molecular complexity index is 414. The number of hydrogen-bond donors (Lipinski definition) is 0. The largest absolute Gasteiger partial charge is 0.297 e. The van der Waals surface area contributed by atoms with Crippen LogP contribution in [0.2, 0.25) is 0 Å². The average Bonchev–Trinajstić information content (AvgIpc) is 2.57. The van der Waals surface area contributed by atoms with Gasteiger partial charge in [0, 0.05) is 13.1 Å². The van der Waals surface area contributed by atoms with Crippen molar-refractivity contribution in [3.63, 3.8) is 0 Å². The van der Waals surface area contributed by atoms with Gasteiger partial charge in [-0.05, 0) is 67.5 Å². The molecule has 0 saturated carbocycles. The van der Waals surface area contributed by atoms with E-state index in [-0.39, 0.29) is 0 Å². The van der Waals surface area contributed by atoms with Gasteiger partial charge in [-0.1, -0.05) is 13.8 Å². The van der Waals surface area contributed by atoms with Crippen molar-refractivity contribution in [1.29, 1.82) is 0 Å². The van der Waals surface area contributed by atoms with Crippen LogP contribution >= 0.6 is 15.9 Å². The Kier molecular flexibility index (Phi) is 5.46. The molecule has 1 saturated heterocycles. The van der Waals surface area contributed by atoms with Crippen LogP contribution in [0.1, 0.15) is 51.4 Å². The summed E-state index contributed by atoms with van der Waals surface area (Å²) in [5.74, 6) is 0.885. The van der Waals surface area contributed by atoms with Crippen LogP contribution in [0.5, 0.6) is 0 Å². The molecule has 1 aromatic rings. The molecule has 0 aromatic carbocycles. The van der Waals surface area contributed by atoms with Crippen molar-refractivity contribution in [3.05, 3.63) is 15.9 Å². The summed E-state index contributed by atoms with van der Waals surface area (Å²) >= 11 is 3.75. The van der Waals surface area contributed by atoms with Crippen LogP contribution in [0.15, 0.2) is 4.47 Å². The molecule has 0 aliphatic carbocycles. The lowest BCUT2D eigenvalue weighted by Gasteiger charge is -2.20. The Hall–Kier alpha value is -0.350. The molecule has 1 atom stereocenters. The summed E-state index contributed by atoms with van der Waals surface area (Å²) in [4.78, 5) is 2.59. The number of likely N-dealkylation sites (tertiary alicyclic amines) is 1. The van der Waals surface area contributed by atoms with Gasteiger partial charge >= 0.3 is 0 Å². The summed E-state index contributed by atoms with van der Waals surface area (Å²) in [6, 6.07) is 0. The van der Waals surface area contributed by atoms with Gasteiger partial charge in [0.05, 0.1) is 15.9 Å². The van der Waals surface area contributed by atoms with E-state index in [1.807, 2.05) is 0 Å². The van der Waals surface area contributed by atoms with Crippen molar-refractivity contribution in [2.24, 2.45) is 5.92 Å². The fourth-order valence-electron chi connectivity index (χ4n) is 2.86. The third-order valence-electron chi connectivity index (χ3n) is 4.18. The lowest BCUT2D eigenvalue weighted by atomic mass is 10.0. The first-order valence-electron chi connectivity index (χ1n) is 7.62. The van der Waals surface area contributed by atoms with Gasteiger partial charge in [-0.2, -0.15) is 5.10 Å². The highest BCUT2D eigenvalue weighted by Crippen LogP contribution is 2.25. The molecule has 0 spiro atoms. The molecule has 108 valence electrons. The fourth-order valence-corrected chi connectivity index (χ4v) is 3.55. The Balaban J connectivity index is 2.11. The summed E-state index contributed by atoms with van der Waals surface area (Å²) in [6.45, 7) is 11.2. The minimum Gasteiger partial charge on any atom is -0.297 e. The quantitative estimate of drug-likeness (QED) is 0.837. The molecule has 0 N–H and O–H groups in total. The summed E-state index contributed by atoms with van der Waals surface area (Å²) in [5.41, 5.74) is 2.55. The van der Waals surface area contributed by atoms with E-state index in [1.165, 1.54) is 48.2 Å². The molecule has 1 aromatic heterocycles. The molecule has 3 nitrogen and oxygen atoms in total. The molecule has 0 radical (unpaired) electrons. The molecule has 19 heavy (non-hydrogen) atoms. The molecule has 1 aliphatic heterocycles. The number of aromatic nitrogens is 2. The number of nitrogens with zero attached hydrogens (tertiary/aromatic N) is 3. The highest BCUT2D eigenvalue weighted by atomic mass is 79.9. The summed E-state index contributed by atoms with van der Waals surface area (Å²) in [7, 11) is 0. The van der Waals surface area contributed by atoms with Crippen LogP contribution in [-0.2, 0) is 19.5 Å². The van der Waals surface area contributed by atoms with Crippen LogP contribution in [0.25, 0.3) is 0 Å². The van der Waals surface area contributed by atoms with Gasteiger partial charge in [0.2, 0.25) is 0 Å². The number of rotatable bonds is 4. The van der Waals surface area contributed by atoms with Gasteiger partial charge in [-0.25, -0.2) is 0 Å². The Morgan fingerprint density at radius 3 is 2.74 bits per heavy atom. The number of hydrogen-bond acceptors (Lipinski definition) is 2. The highest BCUT2D eigenvalue weighted by Gasteiger charge is 2.19. The van der Waals surface area contributed by atoms with Gasteiger partial charge in [0.1, 0.15) is 0 Å². The first kappa shape index (κ1) is 15.0. The van der Waals surface area contributed by atoms with Crippen molar-refractivity contribution in [1.82, 2.24) is 14.7 Å².